The van der Waals surface area contributed by atoms with E-state index in [-0.39, 0.29) is 17.9 Å². The first-order valence-corrected chi connectivity index (χ1v) is 8.91. The summed E-state index contributed by atoms with van der Waals surface area (Å²) in [5.74, 6) is -0.471. The number of amides is 2. The van der Waals surface area contributed by atoms with Crippen molar-refractivity contribution in [2.24, 2.45) is 0 Å². The molecule has 0 aliphatic rings. The molecule has 0 aliphatic carbocycles. The monoisotopic (exact) mass is 356 g/mol. The van der Waals surface area contributed by atoms with Crippen molar-refractivity contribution >= 4 is 33.4 Å². The Morgan fingerprint density at radius 1 is 1.12 bits per heavy atom. The quantitative estimate of drug-likeness (QED) is 0.738. The molecule has 7 heteroatoms. The lowest BCUT2D eigenvalue weighted by molar-refractivity contribution is -0.123. The molecule has 3 rings (SSSR count). The molecule has 6 nitrogen and oxygen atoms in total. The van der Waals surface area contributed by atoms with Gasteiger partial charge in [-0.05, 0) is 51.1 Å². The second-order valence-electron chi connectivity index (χ2n) is 6.13. The molecule has 3 aromatic rings. The fourth-order valence-corrected chi connectivity index (χ4v) is 3.35. The van der Waals surface area contributed by atoms with E-state index in [0.717, 1.165) is 15.3 Å². The maximum Gasteiger partial charge on any atom is 0.251 e. The number of hydrogen-bond donors (Lipinski definition) is 2. The summed E-state index contributed by atoms with van der Waals surface area (Å²) in [6, 6.07) is 8.68. The van der Waals surface area contributed by atoms with Crippen molar-refractivity contribution in [2.75, 3.05) is 0 Å². The Morgan fingerprint density at radius 2 is 1.84 bits per heavy atom. The number of rotatable bonds is 5. The van der Waals surface area contributed by atoms with Gasteiger partial charge in [0.25, 0.3) is 5.91 Å². The largest absolute Gasteiger partial charge is 0.352 e. The molecule has 0 saturated carbocycles. The number of nitrogens with one attached hydrogen (secondary N) is 2. The zero-order valence-electron chi connectivity index (χ0n) is 14.3. The second kappa shape index (κ2) is 7.06. The van der Waals surface area contributed by atoms with Crippen molar-refractivity contribution in [3.63, 3.8) is 0 Å². The Balaban J connectivity index is 1.77. The maximum atomic E-state index is 12.4. The molecule has 2 N–H and O–H groups in total. The van der Waals surface area contributed by atoms with Gasteiger partial charge in [0, 0.05) is 24.0 Å². The predicted molar refractivity (Wildman–Crippen MR) is 99.2 cm³/mol. The average Bonchev–Trinajstić information content (AvgIpc) is 3.22. The standard InChI is InChI=1S/C18H20N4O2S/c1-11(2)19-16(23)12(3)20-17(24)13-6-7-14-15(10-13)25-18(21-14)22-8-4-5-9-22/h4-12H,1-3H3,(H,19,23)(H,20,24). The van der Waals surface area contributed by atoms with Crippen LogP contribution in [0.15, 0.2) is 42.7 Å². The molecule has 0 bridgehead atoms. The van der Waals surface area contributed by atoms with Crippen LogP contribution in [0, 0.1) is 0 Å². The average molecular weight is 356 g/mol. The molecule has 1 aromatic carbocycles. The van der Waals surface area contributed by atoms with E-state index in [1.165, 1.54) is 11.3 Å². The van der Waals surface area contributed by atoms with Gasteiger partial charge in [-0.3, -0.25) is 9.59 Å². The summed E-state index contributed by atoms with van der Waals surface area (Å²) < 4.78 is 2.86. The van der Waals surface area contributed by atoms with Gasteiger partial charge in [-0.1, -0.05) is 11.3 Å². The Hall–Kier alpha value is -2.67. The molecule has 130 valence electrons. The first-order chi connectivity index (χ1) is 11.9. The third kappa shape index (κ3) is 3.88. The summed E-state index contributed by atoms with van der Waals surface area (Å²) in [6.07, 6.45) is 3.86. The van der Waals surface area contributed by atoms with Gasteiger partial charge in [0.15, 0.2) is 5.13 Å². The van der Waals surface area contributed by atoms with E-state index in [4.69, 9.17) is 0 Å². The topological polar surface area (TPSA) is 76.0 Å². The van der Waals surface area contributed by atoms with Crippen LogP contribution >= 0.6 is 11.3 Å². The van der Waals surface area contributed by atoms with Crippen LogP contribution in [-0.4, -0.2) is 33.4 Å². The maximum absolute atomic E-state index is 12.4. The fourth-order valence-electron chi connectivity index (χ4n) is 2.38. The number of benzene rings is 1. The Kier molecular flexibility index (Phi) is 4.85. The van der Waals surface area contributed by atoms with E-state index >= 15 is 0 Å². The number of hydrogen-bond acceptors (Lipinski definition) is 4. The summed E-state index contributed by atoms with van der Waals surface area (Å²) in [4.78, 5) is 28.9. The number of aromatic nitrogens is 2. The molecule has 1 atom stereocenters. The number of fused-ring (bicyclic) bond motifs is 1. The van der Waals surface area contributed by atoms with Crippen LogP contribution in [0.2, 0.25) is 0 Å². The minimum atomic E-state index is -0.595. The van der Waals surface area contributed by atoms with E-state index < -0.39 is 6.04 Å². The van der Waals surface area contributed by atoms with Gasteiger partial charge in [0.2, 0.25) is 5.91 Å². The highest BCUT2D eigenvalue weighted by atomic mass is 32.1. The minimum Gasteiger partial charge on any atom is -0.352 e. The lowest BCUT2D eigenvalue weighted by atomic mass is 10.2. The molecule has 1 unspecified atom stereocenters. The molecule has 0 aliphatic heterocycles. The van der Waals surface area contributed by atoms with E-state index in [1.807, 2.05) is 55.1 Å². The second-order valence-corrected chi connectivity index (χ2v) is 7.14. The zero-order chi connectivity index (χ0) is 18.0. The van der Waals surface area contributed by atoms with E-state index in [0.29, 0.717) is 5.56 Å². The van der Waals surface area contributed by atoms with E-state index in [1.54, 1.807) is 13.0 Å². The molecular weight excluding hydrogens is 336 g/mol. The number of carbonyl (C=O) groups is 2. The molecule has 25 heavy (non-hydrogen) atoms. The van der Waals surface area contributed by atoms with Crippen molar-refractivity contribution in [2.45, 2.75) is 32.9 Å². The number of nitrogens with zero attached hydrogens (tertiary/aromatic N) is 2. The Labute approximate surface area is 149 Å². The van der Waals surface area contributed by atoms with Gasteiger partial charge < -0.3 is 15.2 Å². The summed E-state index contributed by atoms with van der Waals surface area (Å²) in [5.41, 5.74) is 1.36. The molecule has 0 saturated heterocycles. The molecular formula is C18H20N4O2S. The van der Waals surface area contributed by atoms with Crippen molar-refractivity contribution in [3.8, 4) is 5.13 Å². The minimum absolute atomic E-state index is 0.0347. The molecule has 2 heterocycles. The Bertz CT molecular complexity index is 899. The van der Waals surface area contributed by atoms with Crippen LogP contribution in [0.5, 0.6) is 0 Å². The zero-order valence-corrected chi connectivity index (χ0v) is 15.1. The van der Waals surface area contributed by atoms with E-state index in [9.17, 15) is 9.59 Å². The van der Waals surface area contributed by atoms with Gasteiger partial charge in [0.1, 0.15) is 6.04 Å². The lowest BCUT2D eigenvalue weighted by Crippen LogP contribution is -2.46. The molecule has 0 fully saturated rings. The van der Waals surface area contributed by atoms with Crippen molar-refractivity contribution in [1.29, 1.82) is 0 Å². The molecule has 0 radical (unpaired) electrons. The van der Waals surface area contributed by atoms with Crippen LogP contribution in [-0.2, 0) is 4.79 Å². The molecule has 2 aromatic heterocycles. The normalized spacial score (nSPS) is 12.3. The highest BCUT2D eigenvalue weighted by Gasteiger charge is 2.18. The van der Waals surface area contributed by atoms with E-state index in [2.05, 4.69) is 15.6 Å². The van der Waals surface area contributed by atoms with Crippen LogP contribution in [0.25, 0.3) is 15.3 Å². The first-order valence-electron chi connectivity index (χ1n) is 8.09. The smallest absolute Gasteiger partial charge is 0.251 e. The van der Waals surface area contributed by atoms with Crippen molar-refractivity contribution in [1.82, 2.24) is 20.2 Å². The van der Waals surface area contributed by atoms with Crippen molar-refractivity contribution < 1.29 is 9.59 Å². The highest BCUT2D eigenvalue weighted by molar-refractivity contribution is 7.20. The van der Waals surface area contributed by atoms with Gasteiger partial charge in [-0.2, -0.15) is 0 Å². The number of thiazole rings is 1. The predicted octanol–water partition coefficient (Wildman–Crippen LogP) is 2.73. The van der Waals surface area contributed by atoms with Gasteiger partial charge >= 0.3 is 0 Å². The lowest BCUT2D eigenvalue weighted by Gasteiger charge is -2.16. The van der Waals surface area contributed by atoms with Crippen LogP contribution in [0.4, 0.5) is 0 Å². The third-order valence-electron chi connectivity index (χ3n) is 3.64. The van der Waals surface area contributed by atoms with Crippen LogP contribution in [0.1, 0.15) is 31.1 Å². The summed E-state index contributed by atoms with van der Waals surface area (Å²) in [6.45, 7) is 5.43. The summed E-state index contributed by atoms with van der Waals surface area (Å²) >= 11 is 1.51. The molecule has 0 spiro atoms. The third-order valence-corrected chi connectivity index (χ3v) is 4.67. The van der Waals surface area contributed by atoms with Crippen LogP contribution < -0.4 is 10.6 Å². The van der Waals surface area contributed by atoms with Gasteiger partial charge in [0.05, 0.1) is 10.2 Å². The number of carbonyl (C=O) groups excluding carboxylic acids is 2. The highest BCUT2D eigenvalue weighted by Crippen LogP contribution is 2.26. The first kappa shape index (κ1) is 17.2. The fraction of sp³-hybridized carbons (Fsp3) is 0.278. The van der Waals surface area contributed by atoms with Gasteiger partial charge in [-0.25, -0.2) is 4.98 Å². The molecule has 2 amide bonds. The van der Waals surface area contributed by atoms with Crippen LogP contribution in [0.3, 0.4) is 0 Å². The SMILES string of the molecule is CC(C)NC(=O)C(C)NC(=O)c1ccc2nc(-n3cccc3)sc2c1. The summed E-state index contributed by atoms with van der Waals surface area (Å²) in [5, 5.41) is 6.36. The summed E-state index contributed by atoms with van der Waals surface area (Å²) in [7, 11) is 0. The van der Waals surface area contributed by atoms with Crippen molar-refractivity contribution in [3.05, 3.63) is 48.3 Å². The Morgan fingerprint density at radius 3 is 2.52 bits per heavy atom. The van der Waals surface area contributed by atoms with Gasteiger partial charge in [-0.15, -0.1) is 0 Å².